The molecule has 2 rings (SSSR count). The summed E-state index contributed by atoms with van der Waals surface area (Å²) in [6.45, 7) is 0.111. The summed E-state index contributed by atoms with van der Waals surface area (Å²) < 4.78 is 27.0. The molecule has 1 aromatic carbocycles. The van der Waals surface area contributed by atoms with Crippen LogP contribution in [0, 0.1) is 0 Å². The Labute approximate surface area is 134 Å². The van der Waals surface area contributed by atoms with Crippen LogP contribution in [-0.4, -0.2) is 44.4 Å². The van der Waals surface area contributed by atoms with E-state index in [-0.39, 0.29) is 18.1 Å². The van der Waals surface area contributed by atoms with Gasteiger partial charge in [-0.2, -0.15) is 5.10 Å². The first-order valence-corrected chi connectivity index (χ1v) is 8.69. The highest BCUT2D eigenvalue weighted by Gasteiger charge is 2.10. The minimum atomic E-state index is -3.19. The van der Waals surface area contributed by atoms with Crippen LogP contribution < -0.4 is 10.1 Å². The molecule has 0 aliphatic heterocycles. The number of nitrogens with zero attached hydrogens (tertiary/aromatic N) is 1. The van der Waals surface area contributed by atoms with E-state index in [2.05, 4.69) is 15.5 Å². The van der Waals surface area contributed by atoms with Crippen molar-refractivity contribution >= 4 is 15.7 Å². The summed E-state index contributed by atoms with van der Waals surface area (Å²) in [5.41, 5.74) is 1.72. The normalized spacial score (nSPS) is 11.6. The number of amides is 1. The first kappa shape index (κ1) is 16.8. The Hall–Kier alpha value is -2.61. The van der Waals surface area contributed by atoms with E-state index < -0.39 is 9.84 Å². The Morgan fingerprint density at radius 2 is 2.17 bits per heavy atom. The fourth-order valence-corrected chi connectivity index (χ4v) is 2.28. The highest BCUT2D eigenvalue weighted by molar-refractivity contribution is 7.93. The fourth-order valence-electron chi connectivity index (χ4n) is 1.84. The lowest BCUT2D eigenvalue weighted by molar-refractivity contribution is 0.0953. The topological polar surface area (TPSA) is 101 Å². The molecule has 0 radical (unpaired) electrons. The lowest BCUT2D eigenvalue weighted by atomic mass is 10.1. The van der Waals surface area contributed by atoms with Crippen molar-refractivity contribution in [1.82, 2.24) is 15.5 Å². The van der Waals surface area contributed by atoms with Crippen LogP contribution in [0.15, 0.2) is 41.8 Å². The number of rotatable bonds is 6. The number of ether oxygens (including phenoxy) is 1. The van der Waals surface area contributed by atoms with Gasteiger partial charge in [-0.3, -0.25) is 9.89 Å². The molecule has 7 nitrogen and oxygen atoms in total. The number of carbonyl (C=O) groups is 1. The number of aromatic amines is 1. The zero-order valence-corrected chi connectivity index (χ0v) is 13.6. The molecule has 8 heteroatoms. The zero-order valence-electron chi connectivity index (χ0n) is 12.7. The molecule has 0 aliphatic rings. The van der Waals surface area contributed by atoms with E-state index in [1.54, 1.807) is 13.2 Å². The highest BCUT2D eigenvalue weighted by Crippen LogP contribution is 2.22. The second kappa shape index (κ2) is 7.10. The number of benzene rings is 1. The van der Waals surface area contributed by atoms with Crippen LogP contribution in [0.3, 0.4) is 0 Å². The van der Waals surface area contributed by atoms with Crippen LogP contribution >= 0.6 is 0 Å². The third kappa shape index (κ3) is 4.96. The van der Waals surface area contributed by atoms with Gasteiger partial charge in [0.25, 0.3) is 5.91 Å². The van der Waals surface area contributed by atoms with Crippen LogP contribution in [0.1, 0.15) is 10.5 Å². The van der Waals surface area contributed by atoms with Gasteiger partial charge in [-0.05, 0) is 18.2 Å². The van der Waals surface area contributed by atoms with Gasteiger partial charge in [0.05, 0.1) is 12.8 Å². The first-order chi connectivity index (χ1) is 10.9. The third-order valence-corrected chi connectivity index (χ3v) is 3.60. The van der Waals surface area contributed by atoms with Crippen LogP contribution in [-0.2, 0) is 9.84 Å². The van der Waals surface area contributed by atoms with Crippen molar-refractivity contribution in [1.29, 1.82) is 0 Å². The Kier molecular flexibility index (Phi) is 5.17. The van der Waals surface area contributed by atoms with Gasteiger partial charge < -0.3 is 10.1 Å². The van der Waals surface area contributed by atoms with Crippen molar-refractivity contribution < 1.29 is 17.9 Å². The van der Waals surface area contributed by atoms with Gasteiger partial charge in [-0.15, -0.1) is 0 Å². The van der Waals surface area contributed by atoms with E-state index in [4.69, 9.17) is 4.74 Å². The summed E-state index contributed by atoms with van der Waals surface area (Å²) in [6.07, 6.45) is 2.45. The van der Waals surface area contributed by atoms with E-state index in [1.165, 1.54) is 6.08 Å². The van der Waals surface area contributed by atoms with Crippen LogP contribution in [0.4, 0.5) is 0 Å². The predicted octanol–water partition coefficient (Wildman–Crippen LogP) is 1.37. The molecular weight excluding hydrogens is 318 g/mol. The molecule has 2 N–H and O–H groups in total. The summed E-state index contributed by atoms with van der Waals surface area (Å²) in [5.74, 6) is 0.326. The summed E-state index contributed by atoms with van der Waals surface area (Å²) >= 11 is 0. The summed E-state index contributed by atoms with van der Waals surface area (Å²) in [7, 11) is -1.61. The number of methoxy groups -OCH3 is 1. The first-order valence-electron chi connectivity index (χ1n) is 6.73. The Bertz CT molecular complexity index is 825. The molecule has 0 saturated carbocycles. The Morgan fingerprint density at radius 1 is 1.39 bits per heavy atom. The monoisotopic (exact) mass is 335 g/mol. The molecular formula is C15H17N3O4S. The molecule has 122 valence electrons. The number of hydrogen-bond acceptors (Lipinski definition) is 5. The number of aromatic nitrogens is 2. The van der Waals surface area contributed by atoms with Crippen molar-refractivity contribution in [2.45, 2.75) is 0 Å². The number of hydrogen-bond donors (Lipinski definition) is 2. The lowest BCUT2D eigenvalue weighted by Crippen LogP contribution is -2.23. The molecule has 23 heavy (non-hydrogen) atoms. The zero-order chi connectivity index (χ0) is 16.9. The number of H-pyrrole nitrogens is 1. The molecule has 1 heterocycles. The van der Waals surface area contributed by atoms with Crippen molar-refractivity contribution in [3.05, 3.63) is 47.5 Å². The lowest BCUT2D eigenvalue weighted by Gasteiger charge is -2.01. The van der Waals surface area contributed by atoms with Crippen molar-refractivity contribution in [2.75, 3.05) is 19.9 Å². The van der Waals surface area contributed by atoms with Gasteiger partial charge in [-0.25, -0.2) is 8.42 Å². The molecule has 0 atom stereocenters. The molecule has 0 spiro atoms. The summed E-state index contributed by atoms with van der Waals surface area (Å²) in [4.78, 5) is 11.9. The number of nitrogens with one attached hydrogen (secondary N) is 2. The molecule has 0 fully saturated rings. The van der Waals surface area contributed by atoms with Gasteiger partial charge >= 0.3 is 0 Å². The van der Waals surface area contributed by atoms with Crippen molar-refractivity contribution in [2.24, 2.45) is 0 Å². The largest absolute Gasteiger partial charge is 0.497 e. The average Bonchev–Trinajstić information content (AvgIpc) is 3.00. The van der Waals surface area contributed by atoms with Crippen LogP contribution in [0.2, 0.25) is 0 Å². The van der Waals surface area contributed by atoms with Gasteiger partial charge in [0.2, 0.25) is 0 Å². The molecule has 1 aromatic heterocycles. The Morgan fingerprint density at radius 3 is 2.87 bits per heavy atom. The number of carbonyl (C=O) groups excluding carboxylic acids is 1. The maximum Gasteiger partial charge on any atom is 0.269 e. The number of sulfone groups is 1. The van der Waals surface area contributed by atoms with Gasteiger partial charge in [0.15, 0.2) is 9.84 Å². The van der Waals surface area contributed by atoms with E-state index in [0.717, 1.165) is 17.2 Å². The molecule has 0 bridgehead atoms. The quantitative estimate of drug-likeness (QED) is 0.830. The smallest absolute Gasteiger partial charge is 0.269 e. The highest BCUT2D eigenvalue weighted by atomic mass is 32.2. The SMILES string of the molecule is COc1cccc(-c2cc(C(=O)NC/C=C/S(C)(=O)=O)[nH]n2)c1. The maximum atomic E-state index is 11.9. The second-order valence-electron chi connectivity index (χ2n) is 4.81. The van der Waals surface area contributed by atoms with Gasteiger partial charge in [0.1, 0.15) is 11.4 Å². The third-order valence-electron chi connectivity index (χ3n) is 2.91. The second-order valence-corrected chi connectivity index (χ2v) is 6.74. The van der Waals surface area contributed by atoms with E-state index in [9.17, 15) is 13.2 Å². The fraction of sp³-hybridized carbons (Fsp3) is 0.200. The average molecular weight is 335 g/mol. The molecule has 2 aromatic rings. The molecule has 0 saturated heterocycles. The summed E-state index contributed by atoms with van der Waals surface area (Å²) in [5, 5.41) is 10.4. The molecule has 1 amide bonds. The van der Waals surface area contributed by atoms with Gasteiger partial charge in [-0.1, -0.05) is 18.2 Å². The standard InChI is InChI=1S/C15H17N3O4S/c1-22-12-6-3-5-11(9-12)13-10-14(18-17-13)15(19)16-7-4-8-23(2,20)21/h3-6,8-10H,7H2,1-2H3,(H,16,19)(H,17,18)/b8-4+. The van der Waals surface area contributed by atoms with Crippen molar-refractivity contribution in [3.63, 3.8) is 0 Å². The minimum Gasteiger partial charge on any atom is -0.497 e. The van der Waals surface area contributed by atoms with Gasteiger partial charge in [0, 0.05) is 23.8 Å². The van der Waals surface area contributed by atoms with Crippen LogP contribution in [0.25, 0.3) is 11.3 Å². The maximum absolute atomic E-state index is 11.9. The Balaban J connectivity index is 2.03. The summed E-state index contributed by atoms with van der Waals surface area (Å²) in [6, 6.07) is 8.93. The van der Waals surface area contributed by atoms with Crippen molar-refractivity contribution in [3.8, 4) is 17.0 Å². The molecule has 0 unspecified atom stereocenters. The van der Waals surface area contributed by atoms with Crippen LogP contribution in [0.5, 0.6) is 5.75 Å². The predicted molar refractivity (Wildman–Crippen MR) is 86.9 cm³/mol. The van der Waals surface area contributed by atoms with E-state index in [0.29, 0.717) is 11.4 Å². The van der Waals surface area contributed by atoms with E-state index in [1.807, 2.05) is 24.3 Å². The van der Waals surface area contributed by atoms with E-state index >= 15 is 0 Å². The minimum absolute atomic E-state index is 0.111. The molecule has 0 aliphatic carbocycles.